The third-order valence-electron chi connectivity index (χ3n) is 4.40. The number of anilines is 1. The number of nitrogens with zero attached hydrogens (tertiary/aromatic N) is 3. The van der Waals surface area contributed by atoms with E-state index in [9.17, 15) is 0 Å². The van der Waals surface area contributed by atoms with Gasteiger partial charge in [0.05, 0.1) is 0 Å². The summed E-state index contributed by atoms with van der Waals surface area (Å²) in [5.41, 5.74) is 7.64. The molecule has 0 aliphatic carbocycles. The predicted octanol–water partition coefficient (Wildman–Crippen LogP) is 2.77. The van der Waals surface area contributed by atoms with Crippen LogP contribution in [0.3, 0.4) is 0 Å². The Morgan fingerprint density at radius 2 is 1.90 bits per heavy atom. The quantitative estimate of drug-likeness (QED) is 0.854. The fraction of sp³-hybridized carbons (Fsp3) is 0.500. The first-order chi connectivity index (χ1) is 9.48. The molecule has 1 aliphatic heterocycles. The molecular weight excluding hydrogens is 248 g/mol. The highest BCUT2D eigenvalue weighted by molar-refractivity contribution is 5.43. The van der Waals surface area contributed by atoms with E-state index in [0.29, 0.717) is 5.92 Å². The molecule has 0 spiro atoms. The normalized spacial score (nSPS) is 18.9. The predicted molar refractivity (Wildman–Crippen MR) is 80.5 cm³/mol. The maximum atomic E-state index is 5.78. The molecule has 106 valence electrons. The standard InChI is InChI=1S/C16H22N4/c1-11-8-9-20-14(10-11)18-19-15(20)16(2,3)12-4-6-13(17)7-5-12/h4-7,11H,8-10,17H2,1-3H3. The zero-order chi connectivity index (χ0) is 14.3. The molecule has 0 saturated carbocycles. The van der Waals surface area contributed by atoms with E-state index in [2.05, 4.69) is 47.7 Å². The Morgan fingerprint density at radius 3 is 2.60 bits per heavy atom. The zero-order valence-corrected chi connectivity index (χ0v) is 12.4. The molecule has 3 rings (SSSR count). The Morgan fingerprint density at radius 1 is 1.20 bits per heavy atom. The van der Waals surface area contributed by atoms with Crippen molar-refractivity contribution in [2.75, 3.05) is 5.73 Å². The summed E-state index contributed by atoms with van der Waals surface area (Å²) >= 11 is 0. The van der Waals surface area contributed by atoms with E-state index < -0.39 is 0 Å². The van der Waals surface area contributed by atoms with Gasteiger partial charge in [0.15, 0.2) is 0 Å². The van der Waals surface area contributed by atoms with Gasteiger partial charge in [-0.15, -0.1) is 10.2 Å². The van der Waals surface area contributed by atoms with E-state index in [1.54, 1.807) is 0 Å². The van der Waals surface area contributed by atoms with E-state index in [1.807, 2.05) is 12.1 Å². The first kappa shape index (κ1) is 13.2. The van der Waals surface area contributed by atoms with Gasteiger partial charge in [-0.25, -0.2) is 0 Å². The van der Waals surface area contributed by atoms with Crippen molar-refractivity contribution in [1.29, 1.82) is 0 Å². The smallest absolute Gasteiger partial charge is 0.143 e. The van der Waals surface area contributed by atoms with Crippen molar-refractivity contribution < 1.29 is 0 Å². The molecule has 0 bridgehead atoms. The zero-order valence-electron chi connectivity index (χ0n) is 12.4. The van der Waals surface area contributed by atoms with Crippen molar-refractivity contribution in [3.8, 4) is 0 Å². The number of fused-ring (bicyclic) bond motifs is 1. The Labute approximate surface area is 120 Å². The first-order valence-corrected chi connectivity index (χ1v) is 7.27. The van der Waals surface area contributed by atoms with Crippen molar-refractivity contribution in [1.82, 2.24) is 14.8 Å². The summed E-state index contributed by atoms with van der Waals surface area (Å²) < 4.78 is 2.30. The molecule has 1 unspecified atom stereocenters. The van der Waals surface area contributed by atoms with E-state index in [1.165, 1.54) is 12.0 Å². The summed E-state index contributed by atoms with van der Waals surface area (Å²) in [6.07, 6.45) is 2.24. The van der Waals surface area contributed by atoms with Gasteiger partial charge in [0.1, 0.15) is 11.6 Å². The van der Waals surface area contributed by atoms with Crippen LogP contribution >= 0.6 is 0 Å². The summed E-state index contributed by atoms with van der Waals surface area (Å²) in [5, 5.41) is 8.89. The van der Waals surface area contributed by atoms with Crippen molar-refractivity contribution in [3.63, 3.8) is 0 Å². The summed E-state index contributed by atoms with van der Waals surface area (Å²) in [4.78, 5) is 0. The van der Waals surface area contributed by atoms with Gasteiger partial charge in [-0.1, -0.05) is 19.1 Å². The first-order valence-electron chi connectivity index (χ1n) is 7.27. The van der Waals surface area contributed by atoms with Gasteiger partial charge in [0.2, 0.25) is 0 Å². The molecule has 20 heavy (non-hydrogen) atoms. The van der Waals surface area contributed by atoms with Crippen LogP contribution in [-0.2, 0) is 18.4 Å². The Kier molecular flexibility index (Phi) is 3.04. The molecule has 1 aromatic carbocycles. The van der Waals surface area contributed by atoms with E-state index in [0.717, 1.165) is 30.3 Å². The number of rotatable bonds is 2. The molecule has 0 radical (unpaired) electrons. The Hall–Kier alpha value is -1.84. The molecule has 1 atom stereocenters. The highest BCUT2D eigenvalue weighted by Gasteiger charge is 2.32. The lowest BCUT2D eigenvalue weighted by molar-refractivity contribution is 0.390. The third-order valence-corrected chi connectivity index (χ3v) is 4.40. The Balaban J connectivity index is 2.01. The van der Waals surface area contributed by atoms with Crippen molar-refractivity contribution in [3.05, 3.63) is 41.5 Å². The van der Waals surface area contributed by atoms with E-state index in [4.69, 9.17) is 5.73 Å². The monoisotopic (exact) mass is 270 g/mol. The minimum atomic E-state index is -0.153. The van der Waals surface area contributed by atoms with Crippen LogP contribution in [0, 0.1) is 5.92 Å². The topological polar surface area (TPSA) is 56.7 Å². The lowest BCUT2D eigenvalue weighted by Crippen LogP contribution is -2.27. The molecule has 2 aromatic rings. The lowest BCUT2D eigenvalue weighted by Gasteiger charge is -2.28. The van der Waals surface area contributed by atoms with E-state index in [-0.39, 0.29) is 5.41 Å². The second-order valence-electron chi connectivity index (χ2n) is 6.44. The average molecular weight is 270 g/mol. The molecular formula is C16H22N4. The lowest BCUT2D eigenvalue weighted by atomic mass is 9.83. The van der Waals surface area contributed by atoms with Crippen LogP contribution in [-0.4, -0.2) is 14.8 Å². The third kappa shape index (κ3) is 2.09. The van der Waals surface area contributed by atoms with Crippen LogP contribution in [0.1, 0.15) is 44.4 Å². The highest BCUT2D eigenvalue weighted by atomic mass is 15.3. The molecule has 1 aromatic heterocycles. The molecule has 0 fully saturated rings. The molecule has 0 saturated heterocycles. The Bertz CT molecular complexity index is 610. The number of hydrogen-bond acceptors (Lipinski definition) is 3. The number of nitrogens with two attached hydrogens (primary N) is 1. The summed E-state index contributed by atoms with van der Waals surface area (Å²) in [6, 6.07) is 8.07. The van der Waals surface area contributed by atoms with Crippen molar-refractivity contribution in [2.45, 2.75) is 45.6 Å². The molecule has 2 N–H and O–H groups in total. The van der Waals surface area contributed by atoms with Crippen LogP contribution in [0.5, 0.6) is 0 Å². The van der Waals surface area contributed by atoms with Crippen LogP contribution in [0.2, 0.25) is 0 Å². The second kappa shape index (κ2) is 4.62. The summed E-state index contributed by atoms with van der Waals surface area (Å²) in [5.74, 6) is 2.89. The number of hydrogen-bond donors (Lipinski definition) is 1. The molecule has 4 heteroatoms. The molecule has 4 nitrogen and oxygen atoms in total. The SMILES string of the molecule is CC1CCn2c(nnc2C(C)(C)c2ccc(N)cc2)C1. The minimum absolute atomic E-state index is 0.153. The van der Waals surface area contributed by atoms with Gasteiger partial charge in [-0.05, 0) is 43.9 Å². The average Bonchev–Trinajstić information content (AvgIpc) is 2.82. The minimum Gasteiger partial charge on any atom is -0.399 e. The van der Waals surface area contributed by atoms with E-state index >= 15 is 0 Å². The fourth-order valence-corrected chi connectivity index (χ4v) is 2.98. The second-order valence-corrected chi connectivity index (χ2v) is 6.44. The number of benzene rings is 1. The van der Waals surface area contributed by atoms with Crippen LogP contribution in [0.4, 0.5) is 5.69 Å². The van der Waals surface area contributed by atoms with Gasteiger partial charge in [-0.2, -0.15) is 0 Å². The highest BCUT2D eigenvalue weighted by Crippen LogP contribution is 2.33. The summed E-state index contributed by atoms with van der Waals surface area (Å²) in [6.45, 7) is 7.71. The number of aromatic nitrogens is 3. The largest absolute Gasteiger partial charge is 0.399 e. The van der Waals surface area contributed by atoms with Crippen LogP contribution in [0.25, 0.3) is 0 Å². The van der Waals surface area contributed by atoms with Gasteiger partial charge >= 0.3 is 0 Å². The molecule has 0 amide bonds. The molecule has 1 aliphatic rings. The van der Waals surface area contributed by atoms with Gasteiger partial charge in [0, 0.05) is 24.1 Å². The molecule has 2 heterocycles. The maximum Gasteiger partial charge on any atom is 0.143 e. The van der Waals surface area contributed by atoms with Gasteiger partial charge in [0.25, 0.3) is 0 Å². The van der Waals surface area contributed by atoms with Gasteiger partial charge in [-0.3, -0.25) is 0 Å². The van der Waals surface area contributed by atoms with Crippen LogP contribution in [0.15, 0.2) is 24.3 Å². The fourth-order valence-electron chi connectivity index (χ4n) is 2.98. The van der Waals surface area contributed by atoms with Crippen molar-refractivity contribution in [2.24, 2.45) is 5.92 Å². The van der Waals surface area contributed by atoms with Crippen molar-refractivity contribution >= 4 is 5.69 Å². The number of nitrogen functional groups attached to an aromatic ring is 1. The maximum absolute atomic E-state index is 5.78. The van der Waals surface area contributed by atoms with Crippen LogP contribution < -0.4 is 5.73 Å². The van der Waals surface area contributed by atoms with Gasteiger partial charge < -0.3 is 10.3 Å². The summed E-state index contributed by atoms with van der Waals surface area (Å²) in [7, 11) is 0.